The van der Waals surface area contributed by atoms with Crippen LogP contribution >= 0.6 is 11.6 Å². The maximum atomic E-state index is 12.4. The van der Waals surface area contributed by atoms with Gasteiger partial charge in [0.25, 0.3) is 5.56 Å². The van der Waals surface area contributed by atoms with Gasteiger partial charge < -0.3 is 9.47 Å². The van der Waals surface area contributed by atoms with Gasteiger partial charge in [0, 0.05) is 35.9 Å². The summed E-state index contributed by atoms with van der Waals surface area (Å²) in [4.78, 5) is 30.9. The maximum Gasteiger partial charge on any atom is 0.343 e. The Bertz CT molecular complexity index is 1060. The van der Waals surface area contributed by atoms with E-state index in [4.69, 9.17) is 21.1 Å². The third-order valence-electron chi connectivity index (χ3n) is 4.16. The summed E-state index contributed by atoms with van der Waals surface area (Å²) < 4.78 is 11.6. The quantitative estimate of drug-likeness (QED) is 0.608. The monoisotopic (exact) mass is 404 g/mol. The van der Waals surface area contributed by atoms with Gasteiger partial charge in [-0.05, 0) is 32.2 Å². The molecular weight excluding hydrogens is 384 g/mol. The zero-order valence-corrected chi connectivity index (χ0v) is 16.6. The van der Waals surface area contributed by atoms with Crippen molar-refractivity contribution in [2.45, 2.75) is 20.0 Å². The predicted molar refractivity (Wildman–Crippen MR) is 105 cm³/mol. The second-order valence-electron chi connectivity index (χ2n) is 6.28. The smallest absolute Gasteiger partial charge is 0.343 e. The number of nitrogens with one attached hydrogen (secondary N) is 1. The zero-order chi connectivity index (χ0) is 20.3. The first-order valence-corrected chi connectivity index (χ1v) is 9.09. The summed E-state index contributed by atoms with van der Waals surface area (Å²) >= 11 is 6.09. The van der Waals surface area contributed by atoms with Gasteiger partial charge in [-0.2, -0.15) is 0 Å². The zero-order valence-electron chi connectivity index (χ0n) is 15.9. The third kappa shape index (κ3) is 4.18. The Morgan fingerprint density at radius 3 is 2.82 bits per heavy atom. The van der Waals surface area contributed by atoms with E-state index in [2.05, 4.69) is 10.1 Å². The average Bonchev–Trinajstić information content (AvgIpc) is 3.06. The van der Waals surface area contributed by atoms with Crippen LogP contribution in [0.1, 0.15) is 28.5 Å². The molecule has 8 nitrogen and oxygen atoms in total. The Morgan fingerprint density at radius 2 is 2.11 bits per heavy atom. The van der Waals surface area contributed by atoms with Gasteiger partial charge in [0.2, 0.25) is 0 Å². The number of fused-ring (bicyclic) bond motifs is 1. The Morgan fingerprint density at radius 1 is 1.32 bits per heavy atom. The fourth-order valence-corrected chi connectivity index (χ4v) is 3.16. The van der Waals surface area contributed by atoms with E-state index in [1.165, 1.54) is 16.8 Å². The lowest BCUT2D eigenvalue weighted by Gasteiger charge is -2.18. The van der Waals surface area contributed by atoms with Crippen LogP contribution in [0, 0.1) is 0 Å². The highest BCUT2D eigenvalue weighted by molar-refractivity contribution is 6.30. The fourth-order valence-electron chi connectivity index (χ4n) is 2.96. The highest BCUT2D eigenvalue weighted by Crippen LogP contribution is 2.24. The van der Waals surface area contributed by atoms with E-state index in [0.29, 0.717) is 23.8 Å². The van der Waals surface area contributed by atoms with Gasteiger partial charge in [-0.3, -0.25) is 14.8 Å². The van der Waals surface area contributed by atoms with Crippen LogP contribution < -0.4 is 10.3 Å². The molecule has 1 aromatic carbocycles. The van der Waals surface area contributed by atoms with Gasteiger partial charge in [-0.25, -0.2) is 14.3 Å². The summed E-state index contributed by atoms with van der Waals surface area (Å²) in [6, 6.07) is 6.86. The Balaban J connectivity index is 1.86. The lowest BCUT2D eigenvalue weighted by molar-refractivity contribution is 0.0528. The molecule has 0 aliphatic rings. The van der Waals surface area contributed by atoms with E-state index >= 15 is 0 Å². The fraction of sp³-hybridized carbons (Fsp3) is 0.316. The molecule has 0 aliphatic heterocycles. The number of rotatable bonds is 7. The molecule has 0 spiro atoms. The second-order valence-corrected chi connectivity index (χ2v) is 6.72. The van der Waals surface area contributed by atoms with Gasteiger partial charge in [0.15, 0.2) is 5.65 Å². The van der Waals surface area contributed by atoms with E-state index in [1.54, 1.807) is 20.1 Å². The summed E-state index contributed by atoms with van der Waals surface area (Å²) in [6.07, 6.45) is 1.42. The standard InChI is InChI=1S/C19H21ClN4O4/c1-4-28-19(26)15-9-21-24-17(25)8-14(22-18(15)24)11-23(2)10-12-7-13(20)5-6-16(12)27-3/h5-9,21H,4,10-11H2,1-3H3. The largest absolute Gasteiger partial charge is 0.496 e. The molecule has 1 N–H and O–H groups in total. The highest BCUT2D eigenvalue weighted by Gasteiger charge is 2.17. The van der Waals surface area contributed by atoms with Crippen molar-refractivity contribution in [3.8, 4) is 5.75 Å². The van der Waals surface area contributed by atoms with Crippen LogP contribution in [0.15, 0.2) is 35.3 Å². The van der Waals surface area contributed by atoms with Crippen molar-refractivity contribution in [2.24, 2.45) is 0 Å². The maximum absolute atomic E-state index is 12.4. The number of methoxy groups -OCH3 is 1. The molecule has 0 radical (unpaired) electrons. The number of aromatic amines is 1. The van der Waals surface area contributed by atoms with Crippen molar-refractivity contribution in [3.63, 3.8) is 0 Å². The second kappa shape index (κ2) is 8.45. The molecule has 0 atom stereocenters. The van der Waals surface area contributed by atoms with Crippen LogP contribution in [0.3, 0.4) is 0 Å². The minimum absolute atomic E-state index is 0.222. The van der Waals surface area contributed by atoms with Crippen LogP contribution in [0.2, 0.25) is 5.02 Å². The molecule has 2 aromatic heterocycles. The highest BCUT2D eigenvalue weighted by atomic mass is 35.5. The lowest BCUT2D eigenvalue weighted by Crippen LogP contribution is -2.22. The number of nitrogens with zero attached hydrogens (tertiary/aromatic N) is 3. The van der Waals surface area contributed by atoms with Crippen LogP contribution in [0.4, 0.5) is 0 Å². The summed E-state index contributed by atoms with van der Waals surface area (Å²) in [7, 11) is 3.50. The van der Waals surface area contributed by atoms with Gasteiger partial charge >= 0.3 is 5.97 Å². The van der Waals surface area contributed by atoms with Crippen molar-refractivity contribution in [1.29, 1.82) is 0 Å². The van der Waals surface area contributed by atoms with Crippen molar-refractivity contribution in [1.82, 2.24) is 19.5 Å². The van der Waals surface area contributed by atoms with E-state index in [-0.39, 0.29) is 23.4 Å². The minimum Gasteiger partial charge on any atom is -0.496 e. The first-order valence-electron chi connectivity index (χ1n) is 8.71. The number of benzene rings is 1. The number of halogens is 1. The number of aromatic nitrogens is 3. The topological polar surface area (TPSA) is 88.9 Å². The molecule has 0 amide bonds. The van der Waals surface area contributed by atoms with Gasteiger partial charge in [0.1, 0.15) is 11.3 Å². The number of ether oxygens (including phenoxy) is 2. The number of carbonyl (C=O) groups excluding carboxylic acids is 1. The molecule has 0 unspecified atom stereocenters. The number of hydrogen-bond acceptors (Lipinski definition) is 6. The predicted octanol–water partition coefficient (Wildman–Crippen LogP) is 2.49. The Labute approximate surface area is 166 Å². The first kappa shape index (κ1) is 19.9. The normalized spacial score (nSPS) is 11.2. The molecular formula is C19H21ClN4O4. The lowest BCUT2D eigenvalue weighted by atomic mass is 10.2. The molecule has 148 valence electrons. The number of hydrogen-bond donors (Lipinski definition) is 1. The number of esters is 1. The minimum atomic E-state index is -0.526. The molecule has 9 heteroatoms. The molecule has 0 fully saturated rings. The average molecular weight is 405 g/mol. The summed E-state index contributed by atoms with van der Waals surface area (Å²) in [5, 5.41) is 3.35. The van der Waals surface area contributed by atoms with E-state index < -0.39 is 5.97 Å². The number of carbonyl (C=O) groups is 1. The molecule has 0 saturated heterocycles. The van der Waals surface area contributed by atoms with E-state index in [0.717, 1.165) is 11.3 Å². The van der Waals surface area contributed by atoms with Crippen LogP contribution in [0.5, 0.6) is 5.75 Å². The van der Waals surface area contributed by atoms with Crippen LogP contribution in [-0.2, 0) is 17.8 Å². The summed E-state index contributed by atoms with van der Waals surface area (Å²) in [6.45, 7) is 2.90. The third-order valence-corrected chi connectivity index (χ3v) is 4.40. The molecule has 3 rings (SSSR count). The summed E-state index contributed by atoms with van der Waals surface area (Å²) in [5.41, 5.74) is 1.63. The molecule has 28 heavy (non-hydrogen) atoms. The van der Waals surface area contributed by atoms with E-state index in [9.17, 15) is 9.59 Å². The summed E-state index contributed by atoms with van der Waals surface area (Å²) in [5.74, 6) is 0.206. The van der Waals surface area contributed by atoms with Crippen molar-refractivity contribution >= 4 is 23.2 Å². The molecule has 2 heterocycles. The van der Waals surface area contributed by atoms with Crippen LogP contribution in [0.25, 0.3) is 5.65 Å². The number of H-pyrrole nitrogens is 1. The Hall–Kier alpha value is -2.84. The Kier molecular flexibility index (Phi) is 6.01. The molecule has 0 saturated carbocycles. The SMILES string of the molecule is CCOC(=O)c1c[nH]n2c(=O)cc(CN(C)Cc3cc(Cl)ccc3OC)nc12. The van der Waals surface area contributed by atoms with Gasteiger partial charge in [-0.15, -0.1) is 0 Å². The van der Waals surface area contributed by atoms with E-state index in [1.807, 2.05) is 24.1 Å². The molecule has 0 bridgehead atoms. The molecule has 3 aromatic rings. The first-order chi connectivity index (χ1) is 13.4. The van der Waals surface area contributed by atoms with Gasteiger partial charge in [-0.1, -0.05) is 11.6 Å². The van der Waals surface area contributed by atoms with Crippen LogP contribution in [-0.4, -0.2) is 46.2 Å². The van der Waals surface area contributed by atoms with Crippen molar-refractivity contribution < 1.29 is 14.3 Å². The van der Waals surface area contributed by atoms with Gasteiger partial charge in [0.05, 0.1) is 19.4 Å². The van der Waals surface area contributed by atoms with Crippen molar-refractivity contribution in [3.05, 3.63) is 62.7 Å². The van der Waals surface area contributed by atoms with Crippen molar-refractivity contribution in [2.75, 3.05) is 20.8 Å². The molecule has 0 aliphatic carbocycles.